The summed E-state index contributed by atoms with van der Waals surface area (Å²) in [5.41, 5.74) is 0.946. The van der Waals surface area contributed by atoms with Gasteiger partial charge in [0.05, 0.1) is 5.60 Å². The van der Waals surface area contributed by atoms with Gasteiger partial charge >= 0.3 is 0 Å². The van der Waals surface area contributed by atoms with Gasteiger partial charge in [0.1, 0.15) is 5.82 Å². The van der Waals surface area contributed by atoms with Gasteiger partial charge in [-0.25, -0.2) is 4.39 Å². The molecule has 18 heavy (non-hydrogen) atoms. The van der Waals surface area contributed by atoms with Crippen molar-refractivity contribution in [1.82, 2.24) is 0 Å². The quantitative estimate of drug-likeness (QED) is 0.805. The molecule has 1 aromatic carbocycles. The summed E-state index contributed by atoms with van der Waals surface area (Å²) in [6, 6.07) is 7.01. The summed E-state index contributed by atoms with van der Waals surface area (Å²) >= 11 is 0. The zero-order valence-electron chi connectivity index (χ0n) is 10.5. The van der Waals surface area contributed by atoms with E-state index in [1.165, 1.54) is 24.8 Å². The smallest absolute Gasteiger partial charge is 0.123 e. The molecule has 4 fully saturated rings. The van der Waals surface area contributed by atoms with Gasteiger partial charge in [-0.2, -0.15) is 0 Å². The molecule has 1 N–H and O–H groups in total. The Balaban J connectivity index is 1.77. The van der Waals surface area contributed by atoms with Crippen molar-refractivity contribution in [2.75, 3.05) is 0 Å². The highest BCUT2D eigenvalue weighted by Crippen LogP contribution is 2.62. The lowest BCUT2D eigenvalue weighted by Crippen LogP contribution is -2.57. The van der Waals surface area contributed by atoms with E-state index in [4.69, 9.17) is 0 Å². The molecule has 2 unspecified atom stereocenters. The fourth-order valence-corrected chi connectivity index (χ4v) is 5.36. The average Bonchev–Trinajstić information content (AvgIpc) is 2.26. The summed E-state index contributed by atoms with van der Waals surface area (Å²) in [5.74, 6) is 1.20. The van der Waals surface area contributed by atoms with E-state index in [0.717, 1.165) is 19.3 Å². The fraction of sp³-hybridized carbons (Fsp3) is 0.625. The van der Waals surface area contributed by atoms with Gasteiger partial charge in [0.25, 0.3) is 0 Å². The number of hydrogen-bond donors (Lipinski definition) is 1. The van der Waals surface area contributed by atoms with Crippen molar-refractivity contribution < 1.29 is 9.50 Å². The van der Waals surface area contributed by atoms with Gasteiger partial charge in [0, 0.05) is 0 Å². The van der Waals surface area contributed by atoms with Gasteiger partial charge in [-0.1, -0.05) is 12.1 Å². The van der Waals surface area contributed by atoms with E-state index in [2.05, 4.69) is 0 Å². The van der Waals surface area contributed by atoms with Crippen molar-refractivity contribution >= 4 is 0 Å². The first-order valence-electron chi connectivity index (χ1n) is 7.05. The maximum absolute atomic E-state index is 13.1. The van der Waals surface area contributed by atoms with Crippen molar-refractivity contribution in [1.29, 1.82) is 0 Å². The van der Waals surface area contributed by atoms with Crippen LogP contribution in [0.2, 0.25) is 0 Å². The van der Waals surface area contributed by atoms with Crippen molar-refractivity contribution in [3.63, 3.8) is 0 Å². The third-order valence-electron chi connectivity index (χ3n) is 5.49. The van der Waals surface area contributed by atoms with Gasteiger partial charge < -0.3 is 5.11 Å². The Bertz CT molecular complexity index is 464. The molecule has 0 aromatic heterocycles. The van der Waals surface area contributed by atoms with Gasteiger partial charge in [0.15, 0.2) is 0 Å². The maximum atomic E-state index is 13.1. The zero-order chi connectivity index (χ0) is 12.4. The van der Waals surface area contributed by atoms with E-state index >= 15 is 0 Å². The topological polar surface area (TPSA) is 20.2 Å². The Kier molecular flexibility index (Phi) is 2.05. The van der Waals surface area contributed by atoms with E-state index in [9.17, 15) is 9.50 Å². The van der Waals surface area contributed by atoms with Crippen LogP contribution < -0.4 is 0 Å². The molecule has 1 aromatic rings. The second kappa shape index (κ2) is 3.36. The summed E-state index contributed by atoms with van der Waals surface area (Å²) < 4.78 is 13.1. The number of aliphatic hydroxyl groups is 1. The normalized spacial score (nSPS) is 45.4. The molecule has 2 heteroatoms. The maximum Gasteiger partial charge on any atom is 0.123 e. The van der Waals surface area contributed by atoms with Gasteiger partial charge in [0.2, 0.25) is 0 Å². The summed E-state index contributed by atoms with van der Waals surface area (Å²) in [6.07, 6.45) is 6.55. The van der Waals surface area contributed by atoms with E-state index in [-0.39, 0.29) is 11.2 Å². The number of benzene rings is 1. The second-order valence-electron chi connectivity index (χ2n) is 6.97. The van der Waals surface area contributed by atoms with Crippen molar-refractivity contribution in [2.45, 2.75) is 49.5 Å². The van der Waals surface area contributed by atoms with E-state index < -0.39 is 5.60 Å². The largest absolute Gasteiger partial charge is 0.390 e. The lowest BCUT2D eigenvalue weighted by Gasteiger charge is -2.60. The molecule has 4 aliphatic carbocycles. The predicted molar refractivity (Wildman–Crippen MR) is 67.7 cm³/mol. The van der Waals surface area contributed by atoms with Crippen LogP contribution in [0, 0.1) is 17.7 Å². The first kappa shape index (κ1) is 11.0. The molecule has 4 aliphatic rings. The van der Waals surface area contributed by atoms with Crippen LogP contribution in [0.3, 0.4) is 0 Å². The Morgan fingerprint density at radius 1 is 1.00 bits per heavy atom. The fourth-order valence-electron chi connectivity index (χ4n) is 5.36. The molecular weight excluding hydrogens is 227 g/mol. The Hall–Kier alpha value is -0.890. The monoisotopic (exact) mass is 246 g/mol. The van der Waals surface area contributed by atoms with E-state index in [0.29, 0.717) is 11.8 Å². The third kappa shape index (κ3) is 1.48. The summed E-state index contributed by atoms with van der Waals surface area (Å²) in [5, 5.41) is 10.7. The van der Waals surface area contributed by atoms with Crippen LogP contribution in [0.1, 0.15) is 44.1 Å². The Morgan fingerprint density at radius 2 is 1.61 bits per heavy atom. The predicted octanol–water partition coefficient (Wildman–Crippen LogP) is 3.41. The molecular formula is C16H19FO. The highest BCUT2D eigenvalue weighted by molar-refractivity contribution is 5.31. The molecule has 0 amide bonds. The van der Waals surface area contributed by atoms with E-state index in [1.807, 2.05) is 12.1 Å². The molecule has 4 bridgehead atoms. The number of hydrogen-bond acceptors (Lipinski definition) is 1. The first-order valence-corrected chi connectivity index (χ1v) is 7.05. The molecule has 5 rings (SSSR count). The lowest BCUT2D eigenvalue weighted by atomic mass is 9.46. The van der Waals surface area contributed by atoms with Gasteiger partial charge in [-0.15, -0.1) is 0 Å². The highest BCUT2D eigenvalue weighted by atomic mass is 19.1. The molecule has 0 radical (unpaired) electrons. The summed E-state index contributed by atoms with van der Waals surface area (Å²) in [7, 11) is 0. The first-order chi connectivity index (χ1) is 8.57. The summed E-state index contributed by atoms with van der Waals surface area (Å²) in [4.78, 5) is 0. The molecule has 1 nitrogen and oxygen atoms in total. The van der Waals surface area contributed by atoms with Gasteiger partial charge in [-0.05, 0) is 73.5 Å². The average molecular weight is 246 g/mol. The lowest BCUT2D eigenvalue weighted by molar-refractivity contribution is -0.137. The Labute approximate surface area is 107 Å². The molecule has 4 saturated carbocycles. The molecule has 2 atom stereocenters. The SMILES string of the molecule is OC12CC3CC(C1)CC(c1ccc(F)cc1)(C3)C2. The number of rotatable bonds is 1. The molecule has 0 aliphatic heterocycles. The van der Waals surface area contributed by atoms with Crippen LogP contribution in [-0.2, 0) is 5.41 Å². The zero-order valence-corrected chi connectivity index (χ0v) is 10.5. The second-order valence-corrected chi connectivity index (χ2v) is 6.97. The summed E-state index contributed by atoms with van der Waals surface area (Å²) in [6.45, 7) is 0. The van der Waals surface area contributed by atoms with Crippen LogP contribution >= 0.6 is 0 Å². The van der Waals surface area contributed by atoms with Crippen LogP contribution in [0.15, 0.2) is 24.3 Å². The Morgan fingerprint density at radius 3 is 2.17 bits per heavy atom. The minimum absolute atomic E-state index is 0.131. The van der Waals surface area contributed by atoms with Crippen molar-refractivity contribution in [3.8, 4) is 0 Å². The highest BCUT2D eigenvalue weighted by Gasteiger charge is 2.57. The minimum atomic E-state index is -0.432. The molecule has 96 valence electrons. The minimum Gasteiger partial charge on any atom is -0.390 e. The molecule has 0 heterocycles. The molecule has 0 spiro atoms. The van der Waals surface area contributed by atoms with Crippen LogP contribution in [0.25, 0.3) is 0 Å². The van der Waals surface area contributed by atoms with Crippen molar-refractivity contribution in [2.24, 2.45) is 11.8 Å². The van der Waals surface area contributed by atoms with Crippen LogP contribution in [0.4, 0.5) is 4.39 Å². The van der Waals surface area contributed by atoms with Crippen LogP contribution in [-0.4, -0.2) is 10.7 Å². The van der Waals surface area contributed by atoms with Crippen LogP contribution in [0.5, 0.6) is 0 Å². The van der Waals surface area contributed by atoms with Crippen molar-refractivity contribution in [3.05, 3.63) is 35.6 Å². The molecule has 0 saturated heterocycles. The van der Waals surface area contributed by atoms with E-state index in [1.54, 1.807) is 12.1 Å². The third-order valence-corrected chi connectivity index (χ3v) is 5.49. The standard InChI is InChI=1S/C16H19FO/c17-14-3-1-13(2-4-14)15-6-11-5-12(7-15)9-16(18,8-11)10-15/h1-4,11-12,18H,5-10H2. The number of halogens is 1. The van der Waals surface area contributed by atoms with Gasteiger partial charge in [-0.3, -0.25) is 0 Å².